The number of hydrogen-bond donors (Lipinski definition) is 1. The lowest BCUT2D eigenvalue weighted by Crippen LogP contribution is -1.82. The molecule has 1 heterocycles. The zero-order valence-corrected chi connectivity index (χ0v) is 7.52. The summed E-state index contributed by atoms with van der Waals surface area (Å²) in [4.78, 5) is 3.75. The molecular weight excluding hydrogens is 197 g/mol. The molecule has 1 aromatic heterocycles. The van der Waals surface area contributed by atoms with Crippen LogP contribution in [0.1, 0.15) is 5.56 Å². The monoisotopic (exact) mass is 201 g/mol. The highest BCUT2D eigenvalue weighted by atomic mass is 35.5. The van der Waals surface area contributed by atoms with Crippen LogP contribution < -0.4 is 0 Å². The van der Waals surface area contributed by atoms with Crippen LogP contribution in [0.2, 0.25) is 10.2 Å². The Labute approximate surface area is 80.1 Å². The Hall–Kier alpha value is -0.750. The predicted molar refractivity (Wildman–Crippen MR) is 48.2 cm³/mol. The number of nitrogens with zero attached hydrogens (tertiary/aromatic N) is 1. The largest absolute Gasteiger partial charge is 0.384 e. The molecule has 0 aliphatic heterocycles. The molecule has 1 aromatic rings. The van der Waals surface area contributed by atoms with Gasteiger partial charge in [0.25, 0.3) is 0 Å². The Bertz CT molecular complexity index is 341. The second kappa shape index (κ2) is 4.32. The molecule has 0 atom stereocenters. The minimum absolute atomic E-state index is 0.198. The van der Waals surface area contributed by atoms with E-state index >= 15 is 0 Å². The van der Waals surface area contributed by atoms with Crippen LogP contribution in [0.4, 0.5) is 0 Å². The fourth-order valence-corrected chi connectivity index (χ4v) is 0.967. The van der Waals surface area contributed by atoms with E-state index in [1.807, 2.05) is 0 Å². The van der Waals surface area contributed by atoms with Gasteiger partial charge in [0.1, 0.15) is 11.8 Å². The highest BCUT2D eigenvalue weighted by molar-refractivity contribution is 6.41. The van der Waals surface area contributed by atoms with Gasteiger partial charge in [-0.05, 0) is 6.07 Å². The molecule has 0 saturated heterocycles. The van der Waals surface area contributed by atoms with Crippen LogP contribution in [-0.2, 0) is 0 Å². The van der Waals surface area contributed by atoms with E-state index in [2.05, 4.69) is 16.8 Å². The summed E-state index contributed by atoms with van der Waals surface area (Å²) in [5.41, 5.74) is 0.575. The molecule has 62 valence electrons. The van der Waals surface area contributed by atoms with Crippen LogP contribution in [-0.4, -0.2) is 16.7 Å². The van der Waals surface area contributed by atoms with Crippen LogP contribution in [0, 0.1) is 11.8 Å². The van der Waals surface area contributed by atoms with Crippen molar-refractivity contribution in [1.82, 2.24) is 4.98 Å². The fraction of sp³-hybridized carbons (Fsp3) is 0.125. The van der Waals surface area contributed by atoms with Gasteiger partial charge in [0.15, 0.2) is 0 Å². The molecule has 2 nitrogen and oxygen atoms in total. The van der Waals surface area contributed by atoms with Crippen LogP contribution in [0.15, 0.2) is 12.3 Å². The van der Waals surface area contributed by atoms with Gasteiger partial charge in [-0.15, -0.1) is 0 Å². The number of aliphatic hydroxyl groups excluding tert-OH is 1. The van der Waals surface area contributed by atoms with E-state index in [1.165, 1.54) is 6.20 Å². The lowest BCUT2D eigenvalue weighted by Gasteiger charge is -1.95. The predicted octanol–water partition coefficient (Wildman–Crippen LogP) is 1.73. The van der Waals surface area contributed by atoms with Crippen LogP contribution in [0.5, 0.6) is 0 Å². The summed E-state index contributed by atoms with van der Waals surface area (Å²) in [6.45, 7) is -0.198. The quantitative estimate of drug-likeness (QED) is 0.513. The maximum absolute atomic E-state index is 8.42. The van der Waals surface area contributed by atoms with Gasteiger partial charge in [0.05, 0.1) is 5.02 Å². The third-order valence-corrected chi connectivity index (χ3v) is 1.91. The molecule has 0 spiro atoms. The van der Waals surface area contributed by atoms with Gasteiger partial charge < -0.3 is 5.11 Å². The van der Waals surface area contributed by atoms with Crippen molar-refractivity contribution in [2.45, 2.75) is 0 Å². The average Bonchev–Trinajstić information content (AvgIpc) is 2.08. The first-order valence-electron chi connectivity index (χ1n) is 3.15. The summed E-state index contributed by atoms with van der Waals surface area (Å²) >= 11 is 11.4. The second-order valence-corrected chi connectivity index (χ2v) is 2.66. The highest BCUT2D eigenvalue weighted by Crippen LogP contribution is 2.21. The number of aliphatic hydroxyl groups is 1. The molecule has 0 radical (unpaired) electrons. The van der Waals surface area contributed by atoms with Crippen molar-refractivity contribution in [3.63, 3.8) is 0 Å². The van der Waals surface area contributed by atoms with Crippen LogP contribution in [0.25, 0.3) is 0 Å². The molecule has 0 unspecified atom stereocenters. The van der Waals surface area contributed by atoms with E-state index in [9.17, 15) is 0 Å². The highest BCUT2D eigenvalue weighted by Gasteiger charge is 2.01. The standard InChI is InChI=1S/C8H5Cl2NO/c9-7-6(2-1-5-12)3-4-11-8(7)10/h3-4,12H,5H2. The summed E-state index contributed by atoms with van der Waals surface area (Å²) in [6, 6.07) is 1.64. The average molecular weight is 202 g/mol. The molecule has 12 heavy (non-hydrogen) atoms. The van der Waals surface area contributed by atoms with Crippen LogP contribution >= 0.6 is 23.2 Å². The lowest BCUT2D eigenvalue weighted by molar-refractivity contribution is 0.350. The van der Waals surface area contributed by atoms with Crippen molar-refractivity contribution in [3.8, 4) is 11.8 Å². The minimum atomic E-state index is -0.198. The maximum Gasteiger partial charge on any atom is 0.148 e. The Kier molecular flexibility index (Phi) is 3.36. The van der Waals surface area contributed by atoms with Crippen molar-refractivity contribution in [2.75, 3.05) is 6.61 Å². The van der Waals surface area contributed by atoms with Gasteiger partial charge in [0.2, 0.25) is 0 Å². The molecule has 0 aliphatic rings. The molecule has 0 aromatic carbocycles. The van der Waals surface area contributed by atoms with Gasteiger partial charge in [-0.1, -0.05) is 35.0 Å². The van der Waals surface area contributed by atoms with Crippen molar-refractivity contribution in [2.24, 2.45) is 0 Å². The molecular formula is C8H5Cl2NO. The molecule has 0 aliphatic carbocycles. The molecule has 1 N–H and O–H groups in total. The van der Waals surface area contributed by atoms with E-state index in [4.69, 9.17) is 28.3 Å². The number of pyridine rings is 1. The summed E-state index contributed by atoms with van der Waals surface area (Å²) in [7, 11) is 0. The van der Waals surface area contributed by atoms with Gasteiger partial charge in [-0.25, -0.2) is 4.98 Å². The zero-order valence-electron chi connectivity index (χ0n) is 6.01. The first-order valence-corrected chi connectivity index (χ1v) is 3.91. The van der Waals surface area contributed by atoms with E-state index in [0.29, 0.717) is 10.6 Å². The van der Waals surface area contributed by atoms with Gasteiger partial charge in [-0.2, -0.15) is 0 Å². The molecule has 0 fully saturated rings. The zero-order chi connectivity index (χ0) is 8.97. The molecule has 0 amide bonds. The lowest BCUT2D eigenvalue weighted by atomic mass is 10.3. The first kappa shape index (κ1) is 9.34. The smallest absolute Gasteiger partial charge is 0.148 e. The maximum atomic E-state index is 8.42. The van der Waals surface area contributed by atoms with E-state index < -0.39 is 0 Å². The molecule has 1 rings (SSSR count). The minimum Gasteiger partial charge on any atom is -0.384 e. The third-order valence-electron chi connectivity index (χ3n) is 1.15. The molecule has 4 heteroatoms. The molecule has 0 bridgehead atoms. The Morgan fingerprint density at radius 3 is 2.92 bits per heavy atom. The van der Waals surface area contributed by atoms with Crippen molar-refractivity contribution >= 4 is 23.2 Å². The number of hydrogen-bond acceptors (Lipinski definition) is 2. The van der Waals surface area contributed by atoms with Crippen molar-refractivity contribution in [1.29, 1.82) is 0 Å². The van der Waals surface area contributed by atoms with Crippen molar-refractivity contribution < 1.29 is 5.11 Å². The van der Waals surface area contributed by atoms with Crippen molar-refractivity contribution in [3.05, 3.63) is 28.0 Å². The second-order valence-electron chi connectivity index (χ2n) is 1.92. The summed E-state index contributed by atoms with van der Waals surface area (Å²) in [6.07, 6.45) is 1.51. The third kappa shape index (κ3) is 2.12. The topological polar surface area (TPSA) is 33.1 Å². The first-order chi connectivity index (χ1) is 5.75. The molecule has 0 saturated carbocycles. The number of rotatable bonds is 0. The van der Waals surface area contributed by atoms with Crippen LogP contribution in [0.3, 0.4) is 0 Å². The van der Waals surface area contributed by atoms with E-state index in [-0.39, 0.29) is 11.8 Å². The summed E-state index contributed by atoms with van der Waals surface area (Å²) < 4.78 is 0. The van der Waals surface area contributed by atoms with E-state index in [0.717, 1.165) is 0 Å². The Morgan fingerprint density at radius 1 is 1.50 bits per heavy atom. The number of aromatic nitrogens is 1. The fourth-order valence-electron chi connectivity index (χ4n) is 0.649. The van der Waals surface area contributed by atoms with Gasteiger partial charge in [-0.3, -0.25) is 0 Å². The van der Waals surface area contributed by atoms with Gasteiger partial charge >= 0.3 is 0 Å². The summed E-state index contributed by atoms with van der Waals surface area (Å²) in [5.74, 6) is 5.11. The van der Waals surface area contributed by atoms with E-state index in [1.54, 1.807) is 6.07 Å². The number of halogens is 2. The Balaban J connectivity index is 3.08. The SMILES string of the molecule is OCC#Cc1ccnc(Cl)c1Cl. The Morgan fingerprint density at radius 2 is 2.25 bits per heavy atom. The normalized spacial score (nSPS) is 8.92. The van der Waals surface area contributed by atoms with Gasteiger partial charge in [0, 0.05) is 11.8 Å². The summed E-state index contributed by atoms with van der Waals surface area (Å²) in [5, 5.41) is 8.97.